The van der Waals surface area contributed by atoms with Crippen LogP contribution in [-0.2, 0) is 4.74 Å². The van der Waals surface area contributed by atoms with Crippen molar-refractivity contribution in [1.29, 1.82) is 0 Å². The van der Waals surface area contributed by atoms with E-state index in [2.05, 4.69) is 43.3 Å². The van der Waals surface area contributed by atoms with E-state index in [-0.39, 0.29) is 18.3 Å². The van der Waals surface area contributed by atoms with Crippen molar-refractivity contribution in [2.24, 2.45) is 0 Å². The van der Waals surface area contributed by atoms with Crippen molar-refractivity contribution >= 4 is 34.7 Å². The third-order valence-electron chi connectivity index (χ3n) is 8.51. The van der Waals surface area contributed by atoms with Gasteiger partial charge in [0.25, 0.3) is 0 Å². The molecule has 3 aromatic heterocycles. The molecular formula is C30H36ClN7O4. The zero-order chi connectivity index (χ0) is 29.4. The standard InChI is InChI=1S/C30H36ClN7O4/c1-18-23(31)14-22(19(2)35-28-26-29(33-16-32-28)38(17-34-26)24-6-4-5-13-42-24)27(41-3)25(18)20-7-10-37(15-20)21-8-11-36(12-9-21)30(39)40/h7,10,14-17,19,21,24H,4-6,8-9,11-13H2,1-3H3,(H,39,40)(H,32,33,35). The molecule has 0 bridgehead atoms. The number of likely N-dealkylation sites (tertiary alicyclic amines) is 1. The topological polar surface area (TPSA) is 120 Å². The van der Waals surface area contributed by atoms with Crippen molar-refractivity contribution in [1.82, 2.24) is 29.0 Å². The zero-order valence-corrected chi connectivity index (χ0v) is 24.8. The molecule has 42 heavy (non-hydrogen) atoms. The van der Waals surface area contributed by atoms with Crippen molar-refractivity contribution in [2.75, 3.05) is 32.1 Å². The number of benzene rings is 1. The highest BCUT2D eigenvalue weighted by molar-refractivity contribution is 6.32. The number of ether oxygens (including phenoxy) is 2. The molecule has 0 aliphatic carbocycles. The number of imidazole rings is 1. The summed E-state index contributed by atoms with van der Waals surface area (Å²) in [4.78, 5) is 26.5. The van der Waals surface area contributed by atoms with E-state index >= 15 is 0 Å². The lowest BCUT2D eigenvalue weighted by Gasteiger charge is -2.30. The molecule has 5 heterocycles. The van der Waals surface area contributed by atoms with Crippen LogP contribution >= 0.6 is 11.6 Å². The van der Waals surface area contributed by atoms with Gasteiger partial charge in [0.15, 0.2) is 17.0 Å². The maximum absolute atomic E-state index is 11.3. The quantitative estimate of drug-likeness (QED) is 0.251. The van der Waals surface area contributed by atoms with Gasteiger partial charge in [-0.3, -0.25) is 4.57 Å². The summed E-state index contributed by atoms with van der Waals surface area (Å²) in [5.41, 5.74) is 5.17. The van der Waals surface area contributed by atoms with Gasteiger partial charge in [0.1, 0.15) is 18.3 Å². The summed E-state index contributed by atoms with van der Waals surface area (Å²) in [6, 6.07) is 4.04. The summed E-state index contributed by atoms with van der Waals surface area (Å²) >= 11 is 6.82. The molecule has 2 unspecified atom stereocenters. The second-order valence-corrected chi connectivity index (χ2v) is 11.5. The Morgan fingerprint density at radius 1 is 1.21 bits per heavy atom. The maximum Gasteiger partial charge on any atom is 0.407 e. The molecular weight excluding hydrogens is 558 g/mol. The average molecular weight is 594 g/mol. The number of aromatic nitrogens is 5. The number of carboxylic acid groups (broad SMARTS) is 1. The van der Waals surface area contributed by atoms with Crippen LogP contribution in [0.3, 0.4) is 0 Å². The summed E-state index contributed by atoms with van der Waals surface area (Å²) < 4.78 is 16.2. The van der Waals surface area contributed by atoms with Gasteiger partial charge in [0.05, 0.1) is 19.5 Å². The monoisotopic (exact) mass is 593 g/mol. The van der Waals surface area contributed by atoms with Gasteiger partial charge in [-0.1, -0.05) is 11.6 Å². The van der Waals surface area contributed by atoms with Crippen LogP contribution in [0.4, 0.5) is 10.6 Å². The molecule has 0 spiro atoms. The van der Waals surface area contributed by atoms with Gasteiger partial charge in [-0.05, 0) is 63.6 Å². The third kappa shape index (κ3) is 5.27. The van der Waals surface area contributed by atoms with E-state index < -0.39 is 6.09 Å². The first-order valence-electron chi connectivity index (χ1n) is 14.4. The number of anilines is 1. The predicted octanol–water partition coefficient (Wildman–Crippen LogP) is 6.45. The summed E-state index contributed by atoms with van der Waals surface area (Å²) in [6.07, 6.45) is 11.2. The van der Waals surface area contributed by atoms with E-state index in [9.17, 15) is 9.90 Å². The van der Waals surface area contributed by atoms with E-state index in [1.54, 1.807) is 19.8 Å². The minimum atomic E-state index is -0.856. The first-order valence-corrected chi connectivity index (χ1v) is 14.8. The van der Waals surface area contributed by atoms with E-state index in [4.69, 9.17) is 21.1 Å². The second kappa shape index (κ2) is 11.8. The van der Waals surface area contributed by atoms with Gasteiger partial charge >= 0.3 is 6.09 Å². The number of piperidine rings is 1. The number of hydrogen-bond acceptors (Lipinski definition) is 7. The van der Waals surface area contributed by atoms with Gasteiger partial charge in [0, 0.05) is 59.8 Å². The van der Waals surface area contributed by atoms with Crippen LogP contribution in [0, 0.1) is 6.92 Å². The third-order valence-corrected chi connectivity index (χ3v) is 8.91. The largest absolute Gasteiger partial charge is 0.496 e. The lowest BCUT2D eigenvalue weighted by Crippen LogP contribution is -2.37. The molecule has 222 valence electrons. The Morgan fingerprint density at radius 2 is 2.02 bits per heavy atom. The smallest absolute Gasteiger partial charge is 0.407 e. The van der Waals surface area contributed by atoms with Crippen LogP contribution in [0.1, 0.15) is 68.5 Å². The van der Waals surface area contributed by atoms with Crippen molar-refractivity contribution in [3.63, 3.8) is 0 Å². The lowest BCUT2D eigenvalue weighted by atomic mass is 9.95. The Morgan fingerprint density at radius 3 is 2.74 bits per heavy atom. The van der Waals surface area contributed by atoms with Crippen LogP contribution in [0.5, 0.6) is 5.75 Å². The number of nitrogens with one attached hydrogen (secondary N) is 1. The Balaban J connectivity index is 1.29. The summed E-state index contributed by atoms with van der Waals surface area (Å²) in [5.74, 6) is 1.36. The number of carbonyl (C=O) groups is 1. The van der Waals surface area contributed by atoms with Crippen molar-refractivity contribution < 1.29 is 19.4 Å². The van der Waals surface area contributed by atoms with Gasteiger partial charge in [-0.25, -0.2) is 19.7 Å². The Bertz CT molecular complexity index is 1590. The van der Waals surface area contributed by atoms with E-state index in [1.165, 1.54) is 4.90 Å². The first kappa shape index (κ1) is 28.3. The van der Waals surface area contributed by atoms with Crippen LogP contribution in [0.2, 0.25) is 5.02 Å². The molecule has 2 aliphatic rings. The lowest BCUT2D eigenvalue weighted by molar-refractivity contribution is -0.0298. The highest BCUT2D eigenvalue weighted by atomic mass is 35.5. The van der Waals surface area contributed by atoms with Gasteiger partial charge in [-0.15, -0.1) is 0 Å². The summed E-state index contributed by atoms with van der Waals surface area (Å²) in [6.45, 7) is 5.84. The zero-order valence-electron chi connectivity index (χ0n) is 24.1. The number of rotatable bonds is 7. The number of amides is 1. The molecule has 2 N–H and O–H groups in total. The molecule has 0 saturated carbocycles. The molecule has 4 aromatic rings. The highest BCUT2D eigenvalue weighted by Crippen LogP contribution is 2.43. The van der Waals surface area contributed by atoms with Gasteiger partial charge in [0.2, 0.25) is 0 Å². The van der Waals surface area contributed by atoms with Crippen LogP contribution in [-0.4, -0.2) is 67.0 Å². The summed E-state index contributed by atoms with van der Waals surface area (Å²) in [5, 5.41) is 13.5. The number of hydrogen-bond donors (Lipinski definition) is 2. The fourth-order valence-electron chi connectivity index (χ4n) is 6.17. The van der Waals surface area contributed by atoms with Crippen molar-refractivity contribution in [3.8, 4) is 16.9 Å². The maximum atomic E-state index is 11.3. The molecule has 6 rings (SSSR count). The fraction of sp³-hybridized carbons (Fsp3) is 0.467. The Hall–Kier alpha value is -3.83. The van der Waals surface area contributed by atoms with Crippen LogP contribution in [0.15, 0.2) is 37.2 Å². The molecule has 2 aliphatic heterocycles. The Kier molecular flexibility index (Phi) is 7.96. The van der Waals surface area contributed by atoms with Crippen LogP contribution in [0.25, 0.3) is 22.3 Å². The molecule has 1 amide bonds. The molecule has 1 aromatic carbocycles. The van der Waals surface area contributed by atoms with E-state index in [0.717, 1.165) is 72.4 Å². The average Bonchev–Trinajstić information content (AvgIpc) is 3.67. The number of fused-ring (bicyclic) bond motifs is 1. The molecule has 2 atom stereocenters. The summed E-state index contributed by atoms with van der Waals surface area (Å²) in [7, 11) is 1.68. The minimum Gasteiger partial charge on any atom is -0.496 e. The molecule has 0 radical (unpaired) electrons. The van der Waals surface area contributed by atoms with E-state index in [0.29, 0.717) is 29.4 Å². The Labute approximate surface area is 249 Å². The fourth-order valence-corrected chi connectivity index (χ4v) is 6.38. The molecule has 11 nitrogen and oxygen atoms in total. The highest BCUT2D eigenvalue weighted by Gasteiger charge is 2.26. The predicted molar refractivity (Wildman–Crippen MR) is 160 cm³/mol. The normalized spacial score (nSPS) is 18.8. The molecule has 2 fully saturated rings. The molecule has 2 saturated heterocycles. The minimum absolute atomic E-state index is 0.0699. The number of nitrogens with zero attached hydrogens (tertiary/aromatic N) is 6. The first-order chi connectivity index (χ1) is 20.4. The van der Waals surface area contributed by atoms with Gasteiger partial charge in [-0.2, -0.15) is 0 Å². The second-order valence-electron chi connectivity index (χ2n) is 11.1. The van der Waals surface area contributed by atoms with Crippen molar-refractivity contribution in [3.05, 3.63) is 53.3 Å². The number of halogens is 1. The van der Waals surface area contributed by atoms with Gasteiger partial charge < -0.3 is 29.4 Å². The number of methoxy groups -OCH3 is 1. The van der Waals surface area contributed by atoms with Crippen molar-refractivity contribution in [2.45, 2.75) is 64.3 Å². The van der Waals surface area contributed by atoms with E-state index in [1.807, 2.05) is 24.5 Å². The SMILES string of the molecule is COc1c(C(C)Nc2ncnc3c2ncn3C2CCCCO2)cc(Cl)c(C)c1-c1ccn(C2CCN(C(=O)O)CC2)c1. The van der Waals surface area contributed by atoms with Crippen LogP contribution < -0.4 is 10.1 Å². The molecule has 12 heteroatoms.